The molecule has 0 spiro atoms. The SMILES string of the molecule is CC/C=C/COc1ccccc1F. The van der Waals surface area contributed by atoms with Gasteiger partial charge in [-0.15, -0.1) is 0 Å². The van der Waals surface area contributed by atoms with Crippen molar-refractivity contribution in [3.63, 3.8) is 0 Å². The van der Waals surface area contributed by atoms with Gasteiger partial charge in [0.2, 0.25) is 0 Å². The number of rotatable bonds is 4. The summed E-state index contributed by atoms with van der Waals surface area (Å²) in [4.78, 5) is 0. The van der Waals surface area contributed by atoms with Crippen LogP contribution in [-0.4, -0.2) is 6.61 Å². The first-order chi connectivity index (χ1) is 6.34. The average Bonchev–Trinajstić information content (AvgIpc) is 2.15. The average molecular weight is 180 g/mol. The minimum atomic E-state index is -0.313. The third kappa shape index (κ3) is 3.28. The van der Waals surface area contributed by atoms with Crippen LogP contribution in [0.3, 0.4) is 0 Å². The maximum Gasteiger partial charge on any atom is 0.165 e. The van der Waals surface area contributed by atoms with E-state index in [4.69, 9.17) is 4.74 Å². The van der Waals surface area contributed by atoms with E-state index in [9.17, 15) is 4.39 Å². The van der Waals surface area contributed by atoms with Gasteiger partial charge < -0.3 is 4.74 Å². The van der Waals surface area contributed by atoms with Crippen LogP contribution in [0.2, 0.25) is 0 Å². The third-order valence-electron chi connectivity index (χ3n) is 1.57. The van der Waals surface area contributed by atoms with Crippen molar-refractivity contribution in [2.24, 2.45) is 0 Å². The van der Waals surface area contributed by atoms with Crippen molar-refractivity contribution in [2.75, 3.05) is 6.61 Å². The molecule has 70 valence electrons. The van der Waals surface area contributed by atoms with E-state index in [-0.39, 0.29) is 5.82 Å². The fraction of sp³-hybridized carbons (Fsp3) is 0.273. The number of halogens is 1. The first-order valence-electron chi connectivity index (χ1n) is 4.37. The summed E-state index contributed by atoms with van der Waals surface area (Å²) in [6, 6.07) is 6.40. The first kappa shape index (κ1) is 9.78. The standard InChI is InChI=1S/C11H13FO/c1-2-3-6-9-13-11-8-5-4-7-10(11)12/h3-8H,2,9H2,1H3/b6-3+. The molecule has 0 bridgehead atoms. The molecule has 0 radical (unpaired) electrons. The Balaban J connectivity index is 2.45. The molecule has 0 saturated heterocycles. The van der Waals surface area contributed by atoms with E-state index < -0.39 is 0 Å². The summed E-state index contributed by atoms with van der Waals surface area (Å²) < 4.78 is 18.1. The summed E-state index contributed by atoms with van der Waals surface area (Å²) in [5, 5.41) is 0. The second kappa shape index (κ2) is 5.36. The molecule has 0 aromatic heterocycles. The molecule has 0 fully saturated rings. The second-order valence-corrected chi connectivity index (χ2v) is 2.62. The maximum absolute atomic E-state index is 12.9. The highest BCUT2D eigenvalue weighted by molar-refractivity contribution is 5.23. The fourth-order valence-electron chi connectivity index (χ4n) is 0.934. The van der Waals surface area contributed by atoms with Crippen LogP contribution in [0.5, 0.6) is 5.75 Å². The highest BCUT2D eigenvalue weighted by atomic mass is 19.1. The molecule has 1 aromatic rings. The highest BCUT2D eigenvalue weighted by Crippen LogP contribution is 2.14. The van der Waals surface area contributed by atoms with Crippen LogP contribution < -0.4 is 4.74 Å². The number of ether oxygens (including phenoxy) is 1. The van der Waals surface area contributed by atoms with E-state index >= 15 is 0 Å². The van der Waals surface area contributed by atoms with Gasteiger partial charge in [0.25, 0.3) is 0 Å². The van der Waals surface area contributed by atoms with Gasteiger partial charge in [-0.05, 0) is 18.6 Å². The lowest BCUT2D eigenvalue weighted by molar-refractivity contribution is 0.341. The van der Waals surface area contributed by atoms with Gasteiger partial charge in [-0.3, -0.25) is 0 Å². The number of hydrogen-bond donors (Lipinski definition) is 0. The predicted molar refractivity (Wildman–Crippen MR) is 51.3 cm³/mol. The number of allylic oxidation sites excluding steroid dienone is 1. The Morgan fingerprint density at radius 1 is 1.31 bits per heavy atom. The minimum absolute atomic E-state index is 0.309. The summed E-state index contributed by atoms with van der Waals surface area (Å²) in [5.41, 5.74) is 0. The number of hydrogen-bond acceptors (Lipinski definition) is 1. The lowest BCUT2D eigenvalue weighted by atomic mass is 10.3. The smallest absolute Gasteiger partial charge is 0.165 e. The van der Waals surface area contributed by atoms with Gasteiger partial charge in [-0.1, -0.05) is 31.2 Å². The maximum atomic E-state index is 12.9. The summed E-state index contributed by atoms with van der Waals surface area (Å²) in [6.45, 7) is 2.47. The molecule has 0 N–H and O–H groups in total. The van der Waals surface area contributed by atoms with Gasteiger partial charge in [0.05, 0.1) is 0 Å². The Kier molecular flexibility index (Phi) is 4.03. The van der Waals surface area contributed by atoms with Gasteiger partial charge in [-0.2, -0.15) is 0 Å². The van der Waals surface area contributed by atoms with Crippen molar-refractivity contribution in [2.45, 2.75) is 13.3 Å². The zero-order valence-electron chi connectivity index (χ0n) is 7.66. The van der Waals surface area contributed by atoms with Crippen molar-refractivity contribution in [1.29, 1.82) is 0 Å². The van der Waals surface area contributed by atoms with Gasteiger partial charge in [-0.25, -0.2) is 4.39 Å². The molecule has 1 rings (SSSR count). The van der Waals surface area contributed by atoms with Crippen molar-refractivity contribution >= 4 is 0 Å². The highest BCUT2D eigenvalue weighted by Gasteiger charge is 1.98. The molecular weight excluding hydrogens is 167 g/mol. The first-order valence-corrected chi connectivity index (χ1v) is 4.37. The second-order valence-electron chi connectivity index (χ2n) is 2.62. The van der Waals surface area contributed by atoms with E-state index in [1.165, 1.54) is 6.07 Å². The quantitative estimate of drug-likeness (QED) is 0.646. The Labute approximate surface area is 77.8 Å². The Hall–Kier alpha value is -1.31. The molecule has 1 aromatic carbocycles. The Bertz CT molecular complexity index is 281. The molecule has 0 saturated carbocycles. The van der Waals surface area contributed by atoms with Crippen LogP contribution in [0.15, 0.2) is 36.4 Å². The van der Waals surface area contributed by atoms with Gasteiger partial charge in [0, 0.05) is 0 Å². The van der Waals surface area contributed by atoms with Crippen LogP contribution in [0, 0.1) is 5.82 Å². The van der Waals surface area contributed by atoms with Gasteiger partial charge in [0.15, 0.2) is 11.6 Å². The Morgan fingerprint density at radius 2 is 2.08 bits per heavy atom. The minimum Gasteiger partial charge on any atom is -0.486 e. The van der Waals surface area contributed by atoms with Crippen LogP contribution in [0.25, 0.3) is 0 Å². The van der Waals surface area contributed by atoms with E-state index in [0.29, 0.717) is 12.4 Å². The van der Waals surface area contributed by atoms with Crippen molar-refractivity contribution in [1.82, 2.24) is 0 Å². The lowest BCUT2D eigenvalue weighted by Crippen LogP contribution is -1.95. The summed E-state index contributed by atoms with van der Waals surface area (Å²) in [7, 11) is 0. The molecule has 0 atom stereocenters. The number of para-hydroxylation sites is 1. The third-order valence-corrected chi connectivity index (χ3v) is 1.57. The largest absolute Gasteiger partial charge is 0.486 e. The van der Waals surface area contributed by atoms with Gasteiger partial charge >= 0.3 is 0 Å². The Morgan fingerprint density at radius 3 is 2.77 bits per heavy atom. The molecule has 0 aliphatic carbocycles. The van der Waals surface area contributed by atoms with Crippen molar-refractivity contribution in [3.05, 3.63) is 42.2 Å². The molecule has 0 aliphatic rings. The predicted octanol–water partition coefficient (Wildman–Crippen LogP) is 3.17. The molecule has 0 amide bonds. The van der Waals surface area contributed by atoms with Crippen LogP contribution >= 0.6 is 0 Å². The normalized spacial score (nSPS) is 10.6. The van der Waals surface area contributed by atoms with E-state index in [1.54, 1.807) is 18.2 Å². The summed E-state index contributed by atoms with van der Waals surface area (Å²) >= 11 is 0. The van der Waals surface area contributed by atoms with Crippen LogP contribution in [0.1, 0.15) is 13.3 Å². The van der Waals surface area contributed by atoms with E-state index in [0.717, 1.165) is 6.42 Å². The summed E-state index contributed by atoms with van der Waals surface area (Å²) in [5.74, 6) is -0.00403. The molecule has 13 heavy (non-hydrogen) atoms. The molecular formula is C11H13FO. The molecule has 0 unspecified atom stereocenters. The van der Waals surface area contributed by atoms with E-state index in [1.807, 2.05) is 19.1 Å². The van der Waals surface area contributed by atoms with Crippen molar-refractivity contribution in [3.8, 4) is 5.75 Å². The fourth-order valence-corrected chi connectivity index (χ4v) is 0.934. The van der Waals surface area contributed by atoms with Crippen molar-refractivity contribution < 1.29 is 9.13 Å². The zero-order valence-corrected chi connectivity index (χ0v) is 7.66. The topological polar surface area (TPSA) is 9.23 Å². The van der Waals surface area contributed by atoms with Crippen LogP contribution in [-0.2, 0) is 0 Å². The molecule has 0 heterocycles. The zero-order chi connectivity index (χ0) is 9.52. The monoisotopic (exact) mass is 180 g/mol. The molecule has 1 nitrogen and oxygen atoms in total. The van der Waals surface area contributed by atoms with Crippen LogP contribution in [0.4, 0.5) is 4.39 Å². The van der Waals surface area contributed by atoms with Gasteiger partial charge in [0.1, 0.15) is 6.61 Å². The summed E-state index contributed by atoms with van der Waals surface area (Å²) in [6.07, 6.45) is 4.84. The van der Waals surface area contributed by atoms with E-state index in [2.05, 4.69) is 0 Å². The lowest BCUT2D eigenvalue weighted by Gasteiger charge is -2.02. The molecule has 0 aliphatic heterocycles. The molecule has 2 heteroatoms. The number of benzene rings is 1.